The van der Waals surface area contributed by atoms with E-state index in [1.165, 1.54) is 7.48 Å². The summed E-state index contributed by atoms with van der Waals surface area (Å²) in [4.78, 5) is 0. The Balaban J connectivity index is 2.56. The Morgan fingerprint density at radius 2 is 2.57 bits per heavy atom. The highest BCUT2D eigenvalue weighted by Crippen LogP contribution is 1.70. The Morgan fingerprint density at radius 3 is 3.00 bits per heavy atom. The lowest BCUT2D eigenvalue weighted by atomic mass is 9.96. The molecule has 0 aromatic carbocycles. The van der Waals surface area contributed by atoms with E-state index >= 15 is 0 Å². The third-order valence-electron chi connectivity index (χ3n) is 0.449. The molecule has 0 aliphatic rings. The van der Waals surface area contributed by atoms with E-state index in [1.807, 2.05) is 0 Å². The summed E-state index contributed by atoms with van der Waals surface area (Å²) in [5.74, 6) is 0. The second kappa shape index (κ2) is 5.49. The van der Waals surface area contributed by atoms with E-state index in [9.17, 15) is 0 Å². The molecule has 0 aliphatic heterocycles. The van der Waals surface area contributed by atoms with Crippen molar-refractivity contribution in [3.8, 4) is 0 Å². The van der Waals surface area contributed by atoms with Crippen molar-refractivity contribution in [2.75, 3.05) is 6.54 Å². The molecule has 0 bridgehead atoms. The average Bonchev–Trinajstić information content (AvgIpc) is 1.69. The summed E-state index contributed by atoms with van der Waals surface area (Å²) in [5, 5.41) is 6.36. The van der Waals surface area contributed by atoms with Crippen LogP contribution in [0, 0.1) is 5.41 Å². The molecule has 0 amide bonds. The minimum Gasteiger partial charge on any atom is -0.556 e. The van der Waals surface area contributed by atoms with Crippen LogP contribution in [0.3, 0.4) is 0 Å². The second-order valence-electron chi connectivity index (χ2n) is 0.998. The van der Waals surface area contributed by atoms with E-state index in [2.05, 4.69) is 4.65 Å². The summed E-state index contributed by atoms with van der Waals surface area (Å²) in [6.45, 7) is 0.577. The number of hydrogen-bond acceptors (Lipinski definition) is 3. The van der Waals surface area contributed by atoms with Gasteiger partial charge in [-0.15, -0.1) is 0 Å². The maximum atomic E-state index is 6.36. The predicted molar refractivity (Wildman–Crippen MR) is 29.5 cm³/mol. The Bertz CT molecular complexity index is 50.2. The van der Waals surface area contributed by atoms with Gasteiger partial charge in [0.25, 0.3) is 0 Å². The molecule has 0 atom stereocenters. The molecule has 0 aromatic heterocycles. The minimum absolute atomic E-state index is 0.577. The molecule has 3 N–H and O–H groups in total. The van der Waals surface area contributed by atoms with Crippen LogP contribution in [0.25, 0.3) is 0 Å². The zero-order valence-electron chi connectivity index (χ0n) is 4.05. The van der Waals surface area contributed by atoms with E-state index in [1.54, 1.807) is 0 Å². The van der Waals surface area contributed by atoms with Crippen molar-refractivity contribution in [2.24, 2.45) is 5.73 Å². The quantitative estimate of drug-likeness (QED) is 0.218. The van der Waals surface area contributed by atoms with Crippen molar-refractivity contribution >= 4 is 13.9 Å². The molecule has 4 heteroatoms. The third-order valence-corrected chi connectivity index (χ3v) is 0.449. The van der Waals surface area contributed by atoms with Crippen LogP contribution in [0.4, 0.5) is 0 Å². The molecule has 0 unspecified atom stereocenters. The fourth-order valence-electron chi connectivity index (χ4n) is 0.184. The maximum Gasteiger partial charge on any atom is 0.372 e. The van der Waals surface area contributed by atoms with Crippen molar-refractivity contribution in [3.05, 3.63) is 0 Å². The molecule has 0 saturated heterocycles. The zero-order valence-corrected chi connectivity index (χ0v) is 4.05. The summed E-state index contributed by atoms with van der Waals surface area (Å²) in [6.07, 6.45) is 1.57. The molecule has 0 aromatic rings. The Kier molecular flexibility index (Phi) is 5.10. The lowest BCUT2D eigenvalue weighted by Gasteiger charge is -1.89. The lowest BCUT2D eigenvalue weighted by Crippen LogP contribution is -2.04. The summed E-state index contributed by atoms with van der Waals surface area (Å²) in [6, 6.07) is 0. The molecule has 3 nitrogen and oxygen atoms in total. The molecule has 0 spiro atoms. The highest BCUT2D eigenvalue weighted by molar-refractivity contribution is 6.29. The maximum absolute atomic E-state index is 6.36. The van der Waals surface area contributed by atoms with Gasteiger partial charge in [0.2, 0.25) is 0 Å². The molecular formula is C3H8BN2O. The van der Waals surface area contributed by atoms with Gasteiger partial charge >= 0.3 is 7.48 Å². The van der Waals surface area contributed by atoms with Crippen molar-refractivity contribution in [1.82, 2.24) is 0 Å². The van der Waals surface area contributed by atoms with Crippen LogP contribution in [0.2, 0.25) is 6.32 Å². The van der Waals surface area contributed by atoms with Crippen molar-refractivity contribution in [2.45, 2.75) is 6.32 Å². The smallest absolute Gasteiger partial charge is 0.372 e. The van der Waals surface area contributed by atoms with E-state index in [-0.39, 0.29) is 0 Å². The Hall–Kier alpha value is -0.505. The van der Waals surface area contributed by atoms with Crippen LogP contribution in [-0.4, -0.2) is 20.4 Å². The van der Waals surface area contributed by atoms with Gasteiger partial charge in [0, 0.05) is 0 Å². The van der Waals surface area contributed by atoms with Gasteiger partial charge in [-0.05, 0) is 12.9 Å². The number of hydrogen-bond donors (Lipinski definition) is 2. The summed E-state index contributed by atoms with van der Waals surface area (Å²) in [5.41, 5.74) is 5.08. The highest BCUT2D eigenvalue weighted by atomic mass is 16.4. The highest BCUT2D eigenvalue weighted by Gasteiger charge is 1.84. The topological polar surface area (TPSA) is 59.1 Å². The van der Waals surface area contributed by atoms with Gasteiger partial charge in [0.05, 0.1) is 0 Å². The first-order valence-corrected chi connectivity index (χ1v) is 2.08. The standard InChI is InChI=1S/C3H8BN2O/c5-2-1-4-7-3-6/h3,6H,1-2,5H2. The largest absolute Gasteiger partial charge is 0.556 e. The predicted octanol–water partition coefficient (Wildman–Crippen LogP) is -0.394. The monoisotopic (exact) mass is 99.1 g/mol. The van der Waals surface area contributed by atoms with Gasteiger partial charge < -0.3 is 10.4 Å². The first kappa shape index (κ1) is 6.49. The van der Waals surface area contributed by atoms with Gasteiger partial charge in [0.15, 0.2) is 0 Å². The van der Waals surface area contributed by atoms with Gasteiger partial charge in [-0.2, -0.15) is 0 Å². The summed E-state index contributed by atoms with van der Waals surface area (Å²) < 4.78 is 4.41. The van der Waals surface area contributed by atoms with Crippen LogP contribution < -0.4 is 5.73 Å². The molecule has 0 fully saturated rings. The zero-order chi connectivity index (χ0) is 5.54. The van der Waals surface area contributed by atoms with Crippen LogP contribution >= 0.6 is 0 Å². The van der Waals surface area contributed by atoms with Gasteiger partial charge in [-0.1, -0.05) is 0 Å². The molecule has 7 heavy (non-hydrogen) atoms. The van der Waals surface area contributed by atoms with Crippen LogP contribution in [0.1, 0.15) is 0 Å². The first-order valence-electron chi connectivity index (χ1n) is 2.08. The summed E-state index contributed by atoms with van der Waals surface area (Å²) in [7, 11) is 1.49. The van der Waals surface area contributed by atoms with Gasteiger partial charge in [-0.25, -0.2) is 0 Å². The molecule has 0 saturated carbocycles. The minimum atomic E-state index is 0.577. The molecule has 39 valence electrons. The Labute approximate surface area is 43.6 Å². The van der Waals surface area contributed by atoms with E-state index < -0.39 is 0 Å². The van der Waals surface area contributed by atoms with Crippen LogP contribution in [0.5, 0.6) is 0 Å². The molecule has 0 aliphatic carbocycles. The lowest BCUT2D eigenvalue weighted by molar-refractivity contribution is 0.608. The second-order valence-corrected chi connectivity index (χ2v) is 0.998. The summed E-state index contributed by atoms with van der Waals surface area (Å²) >= 11 is 0. The molecule has 0 rings (SSSR count). The van der Waals surface area contributed by atoms with Gasteiger partial charge in [0.1, 0.15) is 6.40 Å². The van der Waals surface area contributed by atoms with Crippen LogP contribution in [0.15, 0.2) is 0 Å². The molecule has 1 radical (unpaired) electrons. The number of rotatable bonds is 4. The van der Waals surface area contributed by atoms with Gasteiger partial charge in [-0.3, -0.25) is 5.41 Å². The fraction of sp³-hybridized carbons (Fsp3) is 0.667. The normalized spacial score (nSPS) is 7.57. The van der Waals surface area contributed by atoms with E-state index in [4.69, 9.17) is 11.1 Å². The number of nitrogens with one attached hydrogen (secondary N) is 1. The molecular weight excluding hydrogens is 90.9 g/mol. The average molecular weight is 98.9 g/mol. The van der Waals surface area contributed by atoms with Crippen LogP contribution in [-0.2, 0) is 4.65 Å². The van der Waals surface area contributed by atoms with E-state index in [0.717, 1.165) is 6.40 Å². The number of nitrogens with two attached hydrogens (primary N) is 1. The van der Waals surface area contributed by atoms with Crippen molar-refractivity contribution < 1.29 is 4.65 Å². The van der Waals surface area contributed by atoms with E-state index in [0.29, 0.717) is 12.9 Å². The van der Waals surface area contributed by atoms with Crippen molar-refractivity contribution in [1.29, 1.82) is 5.41 Å². The third kappa shape index (κ3) is 5.49. The van der Waals surface area contributed by atoms with Crippen molar-refractivity contribution in [3.63, 3.8) is 0 Å². The SMILES string of the molecule is N=CO[B]CCN. The fourth-order valence-corrected chi connectivity index (χ4v) is 0.184. The molecule has 0 heterocycles. The Morgan fingerprint density at radius 1 is 1.86 bits per heavy atom. The first-order chi connectivity index (χ1) is 3.41.